The van der Waals surface area contributed by atoms with Crippen molar-refractivity contribution in [3.63, 3.8) is 0 Å². The SMILES string of the molecule is CC(C)CNc1nnc2c(n1)CCCC2. The van der Waals surface area contributed by atoms with Crippen LogP contribution in [0.15, 0.2) is 0 Å². The quantitative estimate of drug-likeness (QED) is 0.819. The zero-order valence-electron chi connectivity index (χ0n) is 9.45. The van der Waals surface area contributed by atoms with Crippen LogP contribution in [0.3, 0.4) is 0 Å². The molecule has 15 heavy (non-hydrogen) atoms. The molecule has 0 saturated heterocycles. The summed E-state index contributed by atoms with van der Waals surface area (Å²) in [5, 5.41) is 11.5. The summed E-state index contributed by atoms with van der Waals surface area (Å²) in [7, 11) is 0. The smallest absolute Gasteiger partial charge is 0.242 e. The van der Waals surface area contributed by atoms with Crippen LogP contribution in [0.2, 0.25) is 0 Å². The van der Waals surface area contributed by atoms with Gasteiger partial charge in [-0.3, -0.25) is 0 Å². The van der Waals surface area contributed by atoms with E-state index in [0.29, 0.717) is 11.9 Å². The molecule has 2 rings (SSSR count). The molecule has 0 radical (unpaired) electrons. The molecule has 4 heteroatoms. The number of nitrogens with zero attached hydrogens (tertiary/aromatic N) is 3. The first-order valence-corrected chi connectivity index (χ1v) is 5.72. The number of anilines is 1. The normalized spacial score (nSPS) is 15.1. The number of hydrogen-bond acceptors (Lipinski definition) is 4. The van der Waals surface area contributed by atoms with Crippen molar-refractivity contribution in [1.29, 1.82) is 0 Å². The molecule has 0 unspecified atom stereocenters. The monoisotopic (exact) mass is 206 g/mol. The van der Waals surface area contributed by atoms with Crippen molar-refractivity contribution in [2.24, 2.45) is 5.92 Å². The van der Waals surface area contributed by atoms with Gasteiger partial charge in [-0.05, 0) is 31.6 Å². The van der Waals surface area contributed by atoms with Crippen LogP contribution in [0.25, 0.3) is 0 Å². The van der Waals surface area contributed by atoms with Crippen LogP contribution in [-0.4, -0.2) is 21.7 Å². The molecule has 0 atom stereocenters. The van der Waals surface area contributed by atoms with Crippen LogP contribution >= 0.6 is 0 Å². The molecule has 0 fully saturated rings. The predicted octanol–water partition coefficient (Wildman–Crippen LogP) is 1.82. The Labute approximate surface area is 90.5 Å². The van der Waals surface area contributed by atoms with E-state index in [1.807, 2.05) is 0 Å². The maximum atomic E-state index is 4.50. The van der Waals surface area contributed by atoms with Crippen LogP contribution in [0.1, 0.15) is 38.1 Å². The summed E-state index contributed by atoms with van der Waals surface area (Å²) >= 11 is 0. The van der Waals surface area contributed by atoms with Gasteiger partial charge in [0.2, 0.25) is 5.95 Å². The predicted molar refractivity (Wildman–Crippen MR) is 59.8 cm³/mol. The van der Waals surface area contributed by atoms with Crippen molar-refractivity contribution in [3.05, 3.63) is 11.4 Å². The Morgan fingerprint density at radius 1 is 1.13 bits per heavy atom. The van der Waals surface area contributed by atoms with Crippen molar-refractivity contribution >= 4 is 5.95 Å². The topological polar surface area (TPSA) is 50.7 Å². The van der Waals surface area contributed by atoms with Crippen molar-refractivity contribution in [3.8, 4) is 0 Å². The Hall–Kier alpha value is -1.19. The maximum absolute atomic E-state index is 4.50. The fraction of sp³-hybridized carbons (Fsp3) is 0.727. The van der Waals surface area contributed by atoms with Crippen molar-refractivity contribution in [2.45, 2.75) is 39.5 Å². The molecule has 0 spiro atoms. The fourth-order valence-corrected chi connectivity index (χ4v) is 1.73. The second kappa shape index (κ2) is 4.55. The van der Waals surface area contributed by atoms with Gasteiger partial charge in [-0.15, -0.1) is 10.2 Å². The highest BCUT2D eigenvalue weighted by molar-refractivity contribution is 5.26. The summed E-state index contributed by atoms with van der Waals surface area (Å²) in [5.41, 5.74) is 2.24. The number of aromatic nitrogens is 3. The molecule has 0 aromatic carbocycles. The third-order valence-corrected chi connectivity index (χ3v) is 2.58. The zero-order valence-corrected chi connectivity index (χ0v) is 9.45. The van der Waals surface area contributed by atoms with Gasteiger partial charge in [0.1, 0.15) is 0 Å². The molecule has 1 aliphatic carbocycles. The third-order valence-electron chi connectivity index (χ3n) is 2.58. The van der Waals surface area contributed by atoms with Crippen LogP contribution in [0, 0.1) is 5.92 Å². The van der Waals surface area contributed by atoms with E-state index in [1.165, 1.54) is 12.8 Å². The Bertz CT molecular complexity index is 335. The second-order valence-corrected chi connectivity index (χ2v) is 4.51. The second-order valence-electron chi connectivity index (χ2n) is 4.51. The molecule has 0 bridgehead atoms. The van der Waals surface area contributed by atoms with E-state index in [2.05, 4.69) is 34.3 Å². The molecule has 82 valence electrons. The molecule has 4 nitrogen and oxygen atoms in total. The molecular weight excluding hydrogens is 188 g/mol. The number of fused-ring (bicyclic) bond motifs is 1. The number of nitrogens with one attached hydrogen (secondary N) is 1. The van der Waals surface area contributed by atoms with Gasteiger partial charge in [0.25, 0.3) is 0 Å². The van der Waals surface area contributed by atoms with Gasteiger partial charge in [0.05, 0.1) is 11.4 Å². The van der Waals surface area contributed by atoms with E-state index in [-0.39, 0.29) is 0 Å². The molecule has 0 saturated carbocycles. The number of aryl methyl sites for hydroxylation is 2. The summed E-state index contributed by atoms with van der Waals surface area (Å²) in [6.45, 7) is 5.23. The lowest BCUT2D eigenvalue weighted by Crippen LogP contribution is -2.15. The van der Waals surface area contributed by atoms with Gasteiger partial charge in [0.15, 0.2) is 0 Å². The lowest BCUT2D eigenvalue weighted by molar-refractivity contribution is 0.628. The van der Waals surface area contributed by atoms with Crippen LogP contribution in [0.5, 0.6) is 0 Å². The first kappa shape index (κ1) is 10.3. The third kappa shape index (κ3) is 2.64. The molecular formula is C11H18N4. The van der Waals surface area contributed by atoms with Crippen LogP contribution in [0.4, 0.5) is 5.95 Å². The highest BCUT2D eigenvalue weighted by atomic mass is 15.2. The van der Waals surface area contributed by atoms with E-state index in [0.717, 1.165) is 30.8 Å². The highest BCUT2D eigenvalue weighted by Gasteiger charge is 2.13. The van der Waals surface area contributed by atoms with E-state index in [1.54, 1.807) is 0 Å². The molecule has 0 aliphatic heterocycles. The van der Waals surface area contributed by atoms with Crippen LogP contribution in [-0.2, 0) is 12.8 Å². The summed E-state index contributed by atoms with van der Waals surface area (Å²) in [6, 6.07) is 0. The summed E-state index contributed by atoms with van der Waals surface area (Å²) < 4.78 is 0. The van der Waals surface area contributed by atoms with E-state index >= 15 is 0 Å². The summed E-state index contributed by atoms with van der Waals surface area (Å²) in [6.07, 6.45) is 4.55. The number of rotatable bonds is 3. The van der Waals surface area contributed by atoms with Gasteiger partial charge in [0, 0.05) is 6.54 Å². The van der Waals surface area contributed by atoms with Gasteiger partial charge in [-0.1, -0.05) is 13.8 Å². The molecule has 0 amide bonds. The minimum Gasteiger partial charge on any atom is -0.353 e. The van der Waals surface area contributed by atoms with Crippen molar-refractivity contribution in [1.82, 2.24) is 15.2 Å². The average molecular weight is 206 g/mol. The van der Waals surface area contributed by atoms with E-state index in [9.17, 15) is 0 Å². The number of hydrogen-bond donors (Lipinski definition) is 1. The van der Waals surface area contributed by atoms with Crippen molar-refractivity contribution < 1.29 is 0 Å². The highest BCUT2D eigenvalue weighted by Crippen LogP contribution is 2.17. The van der Waals surface area contributed by atoms with Gasteiger partial charge < -0.3 is 5.32 Å². The zero-order chi connectivity index (χ0) is 10.7. The minimum atomic E-state index is 0.602. The lowest BCUT2D eigenvalue weighted by atomic mass is 10.0. The Kier molecular flexibility index (Phi) is 3.14. The van der Waals surface area contributed by atoms with Crippen molar-refractivity contribution in [2.75, 3.05) is 11.9 Å². The van der Waals surface area contributed by atoms with Gasteiger partial charge in [-0.2, -0.15) is 0 Å². The molecule has 1 heterocycles. The van der Waals surface area contributed by atoms with Gasteiger partial charge >= 0.3 is 0 Å². The lowest BCUT2D eigenvalue weighted by Gasteiger charge is -2.14. The fourth-order valence-electron chi connectivity index (χ4n) is 1.73. The minimum absolute atomic E-state index is 0.602. The Morgan fingerprint density at radius 2 is 1.87 bits per heavy atom. The largest absolute Gasteiger partial charge is 0.353 e. The Balaban J connectivity index is 2.07. The van der Waals surface area contributed by atoms with Crippen LogP contribution < -0.4 is 5.32 Å². The first-order valence-electron chi connectivity index (χ1n) is 5.72. The van der Waals surface area contributed by atoms with E-state index < -0.39 is 0 Å². The maximum Gasteiger partial charge on any atom is 0.242 e. The molecule has 1 N–H and O–H groups in total. The average Bonchev–Trinajstić information content (AvgIpc) is 2.26. The Morgan fingerprint density at radius 3 is 2.60 bits per heavy atom. The molecule has 1 aliphatic rings. The first-order chi connectivity index (χ1) is 7.25. The van der Waals surface area contributed by atoms with Gasteiger partial charge in [-0.25, -0.2) is 4.98 Å². The van der Waals surface area contributed by atoms with E-state index in [4.69, 9.17) is 0 Å². The summed E-state index contributed by atoms with van der Waals surface area (Å²) in [5.74, 6) is 1.29. The molecule has 1 aromatic heterocycles. The standard InChI is InChI=1S/C11H18N4/c1-8(2)7-12-11-13-9-5-3-4-6-10(9)14-15-11/h8H,3-7H2,1-2H3,(H,12,13,15). The molecule has 1 aromatic rings. The summed E-state index contributed by atoms with van der Waals surface area (Å²) in [4.78, 5) is 4.50.